The molecule has 2 atom stereocenters. The Balaban J connectivity index is 0.00000134. The van der Waals surface area contributed by atoms with E-state index in [0.717, 1.165) is 11.1 Å². The molecule has 8 nitrogen and oxygen atoms in total. The molecule has 0 saturated carbocycles. The second kappa shape index (κ2) is 13.8. The average Bonchev–Trinajstić information content (AvgIpc) is 3.04. The number of para-hydroxylation sites is 1. The number of rotatable bonds is 5. The smallest absolute Gasteiger partial charge is 0.408 e. The van der Waals surface area contributed by atoms with Crippen LogP contribution in [-0.2, 0) is 14.3 Å². The quantitative estimate of drug-likeness (QED) is 0.348. The fraction of sp³-hybridized carbons (Fsp3) is 0.241. The number of amides is 3. The van der Waals surface area contributed by atoms with E-state index in [1.807, 2.05) is 48.5 Å². The predicted octanol–water partition coefficient (Wildman–Crippen LogP) is 5.61. The first-order valence-electron chi connectivity index (χ1n) is 12.1. The molecule has 3 N–H and O–H groups in total. The van der Waals surface area contributed by atoms with E-state index in [2.05, 4.69) is 20.9 Å². The van der Waals surface area contributed by atoms with Gasteiger partial charge in [0.1, 0.15) is 11.6 Å². The van der Waals surface area contributed by atoms with Gasteiger partial charge in [0, 0.05) is 11.1 Å². The number of nitrogens with zero attached hydrogens (tertiary/aromatic N) is 1. The minimum atomic E-state index is -1.23. The number of benzodiazepines with no additional fused rings is 1. The lowest BCUT2D eigenvalue weighted by atomic mass is 10.0. The molecule has 0 spiro atoms. The van der Waals surface area contributed by atoms with Crippen LogP contribution in [0.5, 0.6) is 0 Å². The van der Waals surface area contributed by atoms with Crippen molar-refractivity contribution in [3.8, 4) is 0 Å². The summed E-state index contributed by atoms with van der Waals surface area (Å²) in [4.78, 5) is 43.7. The van der Waals surface area contributed by atoms with Crippen LogP contribution in [0, 0.1) is 0 Å². The lowest BCUT2D eigenvalue weighted by Gasteiger charge is -2.24. The zero-order valence-electron chi connectivity index (χ0n) is 21.8. The van der Waals surface area contributed by atoms with Gasteiger partial charge in [-0.25, -0.2) is 9.79 Å². The number of halogens is 2. The highest BCUT2D eigenvalue weighted by molar-refractivity contribution is 6.40. The fourth-order valence-electron chi connectivity index (χ4n) is 3.77. The van der Waals surface area contributed by atoms with Crippen LogP contribution in [0.1, 0.15) is 43.5 Å². The molecule has 204 valence electrons. The Morgan fingerprint density at radius 2 is 1.51 bits per heavy atom. The molecule has 3 aromatic carbocycles. The summed E-state index contributed by atoms with van der Waals surface area (Å²) in [6, 6.07) is 24.4. The molecule has 0 fully saturated rings. The summed E-state index contributed by atoms with van der Waals surface area (Å²) < 4.78 is 5.35. The van der Waals surface area contributed by atoms with Crippen LogP contribution in [0.4, 0.5) is 10.5 Å². The second-order valence-electron chi connectivity index (χ2n) is 9.38. The van der Waals surface area contributed by atoms with Gasteiger partial charge >= 0.3 is 6.09 Å². The molecule has 39 heavy (non-hydrogen) atoms. The van der Waals surface area contributed by atoms with Crippen molar-refractivity contribution in [3.05, 3.63) is 102 Å². The molecule has 1 aliphatic heterocycles. The van der Waals surface area contributed by atoms with Crippen LogP contribution in [-0.4, -0.2) is 40.7 Å². The highest BCUT2D eigenvalue weighted by atomic mass is 35.5. The van der Waals surface area contributed by atoms with Gasteiger partial charge in [-0.05, 0) is 32.4 Å². The van der Waals surface area contributed by atoms with Gasteiger partial charge in [-0.3, -0.25) is 9.59 Å². The third-order valence-corrected chi connectivity index (χ3v) is 5.33. The molecule has 0 bridgehead atoms. The Labute approximate surface area is 237 Å². The van der Waals surface area contributed by atoms with E-state index in [9.17, 15) is 14.4 Å². The minimum Gasteiger partial charge on any atom is -0.444 e. The van der Waals surface area contributed by atoms with Crippen molar-refractivity contribution in [2.75, 3.05) is 10.7 Å². The van der Waals surface area contributed by atoms with Crippen molar-refractivity contribution in [2.45, 2.75) is 38.6 Å². The van der Waals surface area contributed by atoms with Gasteiger partial charge in [0.15, 0.2) is 0 Å². The van der Waals surface area contributed by atoms with Gasteiger partial charge in [0.2, 0.25) is 12.1 Å². The molecule has 3 aromatic rings. The summed E-state index contributed by atoms with van der Waals surface area (Å²) in [7, 11) is 0. The number of alkyl halides is 2. The van der Waals surface area contributed by atoms with Gasteiger partial charge in [0.05, 0.1) is 16.7 Å². The van der Waals surface area contributed by atoms with E-state index >= 15 is 0 Å². The molecule has 0 aromatic heterocycles. The van der Waals surface area contributed by atoms with E-state index < -0.39 is 35.7 Å². The fourth-order valence-corrected chi connectivity index (χ4v) is 3.77. The van der Waals surface area contributed by atoms with Crippen molar-refractivity contribution in [3.63, 3.8) is 0 Å². The third-order valence-electron chi connectivity index (χ3n) is 5.33. The highest BCUT2D eigenvalue weighted by Gasteiger charge is 2.31. The van der Waals surface area contributed by atoms with E-state index in [0.29, 0.717) is 17.0 Å². The number of benzene rings is 3. The van der Waals surface area contributed by atoms with Crippen LogP contribution in [0.2, 0.25) is 0 Å². The number of fused-ring (bicyclic) bond motifs is 1. The standard InChI is InChI=1S/C28H28N4O4.CH2Cl2/c1-28(2,3)36-27(35)31-23(19-14-8-5-9-15-19)25(33)32-24-26(34)29-21-17-11-10-16-20(21)22(30-24)18-12-6-4-7-13-18;2-1-3/h4-17,23-24H,1-3H3,(H,29,34)(H,31,35)(H,32,33);1H2. The maximum atomic E-state index is 13.5. The lowest BCUT2D eigenvalue weighted by Crippen LogP contribution is -2.48. The zero-order valence-corrected chi connectivity index (χ0v) is 23.3. The molecular weight excluding hydrogens is 539 g/mol. The van der Waals surface area contributed by atoms with Crippen LogP contribution >= 0.6 is 23.2 Å². The monoisotopic (exact) mass is 568 g/mol. The number of nitrogens with one attached hydrogen (secondary N) is 3. The maximum Gasteiger partial charge on any atom is 0.408 e. The molecular formula is C29H30Cl2N4O4. The minimum absolute atomic E-state index is 0.194. The Bertz CT molecular complexity index is 1310. The topological polar surface area (TPSA) is 109 Å². The number of carbonyl (C=O) groups is 3. The van der Waals surface area contributed by atoms with Crippen molar-refractivity contribution in [2.24, 2.45) is 4.99 Å². The van der Waals surface area contributed by atoms with Crippen LogP contribution in [0.3, 0.4) is 0 Å². The molecule has 1 aliphatic rings. The van der Waals surface area contributed by atoms with Gasteiger partial charge in [-0.15, -0.1) is 23.2 Å². The molecule has 2 unspecified atom stereocenters. The van der Waals surface area contributed by atoms with E-state index in [1.165, 1.54) is 0 Å². The molecule has 3 amide bonds. The molecule has 1 heterocycles. The summed E-state index contributed by atoms with van der Waals surface area (Å²) in [5.41, 5.74) is 2.47. The molecule has 0 radical (unpaired) electrons. The van der Waals surface area contributed by atoms with Crippen molar-refractivity contribution in [1.29, 1.82) is 0 Å². The first-order chi connectivity index (χ1) is 18.6. The lowest BCUT2D eigenvalue weighted by molar-refractivity contribution is -0.127. The number of aliphatic imine (C=N–C) groups is 1. The van der Waals surface area contributed by atoms with Crippen molar-refractivity contribution >= 4 is 52.5 Å². The van der Waals surface area contributed by atoms with E-state index in [-0.39, 0.29) is 5.34 Å². The molecule has 0 aliphatic carbocycles. The number of hydrogen-bond acceptors (Lipinski definition) is 5. The van der Waals surface area contributed by atoms with Crippen LogP contribution in [0.15, 0.2) is 89.9 Å². The summed E-state index contributed by atoms with van der Waals surface area (Å²) in [6.07, 6.45) is -1.98. The van der Waals surface area contributed by atoms with Gasteiger partial charge in [0.25, 0.3) is 5.91 Å². The summed E-state index contributed by atoms with van der Waals surface area (Å²) in [6.45, 7) is 5.20. The Morgan fingerprint density at radius 3 is 2.13 bits per heavy atom. The first-order valence-corrected chi connectivity index (χ1v) is 13.2. The number of alkyl carbamates (subject to hydrolysis) is 1. The van der Waals surface area contributed by atoms with E-state index in [4.69, 9.17) is 27.9 Å². The Morgan fingerprint density at radius 1 is 0.949 bits per heavy atom. The van der Waals surface area contributed by atoms with Crippen molar-refractivity contribution < 1.29 is 19.1 Å². The average molecular weight is 569 g/mol. The van der Waals surface area contributed by atoms with Gasteiger partial charge in [-0.2, -0.15) is 0 Å². The number of hydrogen-bond donors (Lipinski definition) is 3. The number of anilines is 1. The SMILES string of the molecule is CC(C)(C)OC(=O)NC(C(=O)NC1N=C(c2ccccc2)c2ccccc2NC1=O)c1ccccc1.ClCCl. The Hall–Kier alpha value is -3.88. The van der Waals surface area contributed by atoms with E-state index in [1.54, 1.807) is 57.2 Å². The molecule has 10 heteroatoms. The van der Waals surface area contributed by atoms with Crippen molar-refractivity contribution in [1.82, 2.24) is 10.6 Å². The van der Waals surface area contributed by atoms with Gasteiger partial charge < -0.3 is 20.7 Å². The highest BCUT2D eigenvalue weighted by Crippen LogP contribution is 2.24. The Kier molecular flexibility index (Phi) is 10.5. The predicted molar refractivity (Wildman–Crippen MR) is 154 cm³/mol. The largest absolute Gasteiger partial charge is 0.444 e. The normalized spacial score (nSPS) is 15.2. The molecule has 0 saturated heterocycles. The molecule has 4 rings (SSSR count). The zero-order chi connectivity index (χ0) is 28.4. The summed E-state index contributed by atoms with van der Waals surface area (Å²) in [5.74, 6) is -1.10. The summed E-state index contributed by atoms with van der Waals surface area (Å²) >= 11 is 9.53. The van der Waals surface area contributed by atoms with Gasteiger partial charge in [-0.1, -0.05) is 78.9 Å². The maximum absolute atomic E-state index is 13.5. The third kappa shape index (κ3) is 8.56. The second-order valence-corrected chi connectivity index (χ2v) is 10.2. The first kappa shape index (κ1) is 29.7. The number of carbonyl (C=O) groups excluding carboxylic acids is 3. The van der Waals surface area contributed by atoms with Crippen LogP contribution in [0.25, 0.3) is 0 Å². The van der Waals surface area contributed by atoms with Crippen LogP contribution < -0.4 is 16.0 Å². The number of ether oxygens (including phenoxy) is 1. The summed E-state index contributed by atoms with van der Waals surface area (Å²) in [5, 5.41) is 8.36.